The summed E-state index contributed by atoms with van der Waals surface area (Å²) < 4.78 is 0. The third-order valence-corrected chi connectivity index (χ3v) is 2.89. The Morgan fingerprint density at radius 1 is 1.53 bits per heavy atom. The summed E-state index contributed by atoms with van der Waals surface area (Å²) >= 11 is 0. The van der Waals surface area contributed by atoms with Crippen LogP contribution in [0.25, 0.3) is 0 Å². The highest BCUT2D eigenvalue weighted by Gasteiger charge is 2.39. The van der Waals surface area contributed by atoms with E-state index < -0.39 is 24.1 Å². The van der Waals surface area contributed by atoms with Gasteiger partial charge in [-0.15, -0.1) is 0 Å². The number of carboxylic acids is 1. The van der Waals surface area contributed by atoms with Gasteiger partial charge in [-0.1, -0.05) is 0 Å². The van der Waals surface area contributed by atoms with Crippen molar-refractivity contribution in [2.24, 2.45) is 0 Å². The topological polar surface area (TPSA) is 89.9 Å². The molecule has 7 nitrogen and oxygen atoms in total. The predicted octanol–water partition coefficient (Wildman–Crippen LogP) is -0.668. The summed E-state index contributed by atoms with van der Waals surface area (Å²) in [7, 11) is 3.06. The quantitative estimate of drug-likeness (QED) is 0.673. The summed E-state index contributed by atoms with van der Waals surface area (Å²) in [5.41, 5.74) is 0. The maximum absolute atomic E-state index is 11.7. The normalized spacial score (nSPS) is 24.8. The first kappa shape index (κ1) is 13.3. The fourth-order valence-electron chi connectivity index (χ4n) is 2.08. The van der Waals surface area contributed by atoms with Gasteiger partial charge in [0.05, 0.1) is 12.5 Å². The van der Waals surface area contributed by atoms with E-state index in [2.05, 4.69) is 5.32 Å². The lowest BCUT2D eigenvalue weighted by Crippen LogP contribution is -2.63. The molecule has 3 amide bonds. The number of hydrogen-bond acceptors (Lipinski definition) is 3. The molecule has 2 atom stereocenters. The molecule has 1 saturated heterocycles. The highest BCUT2D eigenvalue weighted by molar-refractivity contribution is 5.88. The molecule has 0 radical (unpaired) electrons. The minimum Gasteiger partial charge on any atom is -0.481 e. The summed E-state index contributed by atoms with van der Waals surface area (Å²) in [4.78, 5) is 36.9. The highest BCUT2D eigenvalue weighted by Crippen LogP contribution is 2.18. The van der Waals surface area contributed by atoms with Crippen molar-refractivity contribution in [3.8, 4) is 0 Å². The number of nitrogens with zero attached hydrogens (tertiary/aromatic N) is 2. The molecule has 17 heavy (non-hydrogen) atoms. The number of carbonyl (C=O) groups is 3. The minimum atomic E-state index is -0.987. The summed E-state index contributed by atoms with van der Waals surface area (Å²) in [5.74, 6) is -1.17. The van der Waals surface area contributed by atoms with Crippen molar-refractivity contribution in [2.75, 3.05) is 20.6 Å². The van der Waals surface area contributed by atoms with Gasteiger partial charge in [-0.25, -0.2) is 4.79 Å². The van der Waals surface area contributed by atoms with Crippen molar-refractivity contribution in [1.29, 1.82) is 0 Å². The molecule has 0 aromatic rings. The van der Waals surface area contributed by atoms with Crippen molar-refractivity contribution >= 4 is 17.9 Å². The van der Waals surface area contributed by atoms with Crippen LogP contribution in [-0.4, -0.2) is 65.5 Å². The van der Waals surface area contributed by atoms with Crippen molar-refractivity contribution in [3.63, 3.8) is 0 Å². The van der Waals surface area contributed by atoms with Gasteiger partial charge in [-0.3, -0.25) is 9.59 Å². The molecule has 0 aromatic carbocycles. The SMILES string of the molecule is CNC(=O)N1C(CC(=O)O)CN(C)C(=O)C1C. The van der Waals surface area contributed by atoms with Crippen LogP contribution in [0.1, 0.15) is 13.3 Å². The Balaban J connectivity index is 2.94. The van der Waals surface area contributed by atoms with E-state index in [1.807, 2.05) is 0 Å². The van der Waals surface area contributed by atoms with Crippen LogP contribution >= 0.6 is 0 Å². The Hall–Kier alpha value is -1.79. The summed E-state index contributed by atoms with van der Waals surface area (Å²) in [6.07, 6.45) is -0.171. The highest BCUT2D eigenvalue weighted by atomic mass is 16.4. The summed E-state index contributed by atoms with van der Waals surface area (Å²) in [5, 5.41) is 11.2. The largest absolute Gasteiger partial charge is 0.481 e. The molecular weight excluding hydrogens is 226 g/mol. The molecule has 0 spiro atoms. The number of amides is 3. The molecule has 0 bridgehead atoms. The molecule has 1 aliphatic rings. The number of rotatable bonds is 2. The number of aliphatic carboxylic acids is 1. The number of carbonyl (C=O) groups excluding carboxylic acids is 2. The lowest BCUT2D eigenvalue weighted by atomic mass is 10.0. The third kappa shape index (κ3) is 2.66. The van der Waals surface area contributed by atoms with Crippen molar-refractivity contribution in [2.45, 2.75) is 25.4 Å². The van der Waals surface area contributed by atoms with E-state index in [4.69, 9.17) is 5.11 Å². The van der Waals surface area contributed by atoms with Gasteiger partial charge in [-0.05, 0) is 6.92 Å². The first-order valence-electron chi connectivity index (χ1n) is 5.35. The molecule has 96 valence electrons. The van der Waals surface area contributed by atoms with Gasteiger partial charge in [-0.2, -0.15) is 0 Å². The van der Waals surface area contributed by atoms with Crippen LogP contribution in [0.3, 0.4) is 0 Å². The molecule has 1 rings (SSSR count). The standard InChI is InChI=1S/C10H17N3O4/c1-6-9(16)12(3)5-7(4-8(14)15)13(6)10(17)11-2/h6-7H,4-5H2,1-3H3,(H,11,17)(H,14,15). The molecule has 1 heterocycles. The molecule has 2 N–H and O–H groups in total. The Morgan fingerprint density at radius 2 is 2.12 bits per heavy atom. The van der Waals surface area contributed by atoms with Crippen LogP contribution in [0.2, 0.25) is 0 Å². The van der Waals surface area contributed by atoms with Crippen LogP contribution in [0.4, 0.5) is 4.79 Å². The second kappa shape index (κ2) is 5.03. The van der Waals surface area contributed by atoms with Crippen LogP contribution in [0, 0.1) is 0 Å². The Labute approximate surface area is 99.4 Å². The predicted molar refractivity (Wildman–Crippen MR) is 59.4 cm³/mol. The van der Waals surface area contributed by atoms with Crippen molar-refractivity contribution in [3.05, 3.63) is 0 Å². The van der Waals surface area contributed by atoms with Gasteiger partial charge in [0.2, 0.25) is 5.91 Å². The maximum Gasteiger partial charge on any atom is 0.318 e. The number of hydrogen-bond donors (Lipinski definition) is 2. The van der Waals surface area contributed by atoms with Crippen LogP contribution in [-0.2, 0) is 9.59 Å². The van der Waals surface area contributed by atoms with Crippen molar-refractivity contribution in [1.82, 2.24) is 15.1 Å². The molecule has 7 heteroatoms. The van der Waals surface area contributed by atoms with E-state index in [-0.39, 0.29) is 18.9 Å². The second-order valence-electron chi connectivity index (χ2n) is 4.11. The first-order valence-corrected chi connectivity index (χ1v) is 5.35. The van der Waals surface area contributed by atoms with E-state index in [1.165, 1.54) is 16.8 Å². The minimum absolute atomic E-state index is 0.171. The molecule has 0 aromatic heterocycles. The zero-order valence-corrected chi connectivity index (χ0v) is 10.1. The Kier molecular flexibility index (Phi) is 3.93. The van der Waals surface area contributed by atoms with E-state index >= 15 is 0 Å². The van der Waals surface area contributed by atoms with Gasteiger partial charge >= 0.3 is 12.0 Å². The zero-order valence-electron chi connectivity index (χ0n) is 10.1. The molecule has 0 aliphatic carbocycles. The van der Waals surface area contributed by atoms with Crippen LogP contribution in [0.15, 0.2) is 0 Å². The third-order valence-electron chi connectivity index (χ3n) is 2.89. The average Bonchev–Trinajstić information content (AvgIpc) is 2.25. The van der Waals surface area contributed by atoms with Gasteiger partial charge in [0.25, 0.3) is 0 Å². The van der Waals surface area contributed by atoms with Gasteiger partial charge in [0.1, 0.15) is 6.04 Å². The Morgan fingerprint density at radius 3 is 2.59 bits per heavy atom. The van der Waals surface area contributed by atoms with E-state index in [9.17, 15) is 14.4 Å². The fourth-order valence-corrected chi connectivity index (χ4v) is 2.08. The van der Waals surface area contributed by atoms with Gasteiger partial charge in [0.15, 0.2) is 0 Å². The van der Waals surface area contributed by atoms with E-state index in [1.54, 1.807) is 14.0 Å². The maximum atomic E-state index is 11.7. The molecule has 0 saturated carbocycles. The van der Waals surface area contributed by atoms with Crippen LogP contribution in [0.5, 0.6) is 0 Å². The number of nitrogens with one attached hydrogen (secondary N) is 1. The van der Waals surface area contributed by atoms with Crippen molar-refractivity contribution < 1.29 is 19.5 Å². The molecule has 2 unspecified atom stereocenters. The molecule has 1 aliphatic heterocycles. The second-order valence-corrected chi connectivity index (χ2v) is 4.11. The lowest BCUT2D eigenvalue weighted by Gasteiger charge is -2.42. The van der Waals surface area contributed by atoms with E-state index in [0.717, 1.165) is 0 Å². The first-order chi connectivity index (χ1) is 7.88. The van der Waals surface area contributed by atoms with Crippen LogP contribution < -0.4 is 5.32 Å². The monoisotopic (exact) mass is 243 g/mol. The zero-order chi connectivity index (χ0) is 13.2. The lowest BCUT2D eigenvalue weighted by molar-refractivity contribution is -0.145. The molecule has 1 fully saturated rings. The number of piperazine rings is 1. The average molecular weight is 243 g/mol. The van der Waals surface area contributed by atoms with E-state index in [0.29, 0.717) is 0 Å². The number of likely N-dealkylation sites (N-methyl/N-ethyl adjacent to an activating group) is 1. The summed E-state index contributed by atoms with van der Waals surface area (Å²) in [6, 6.07) is -1.56. The van der Waals surface area contributed by atoms with Gasteiger partial charge < -0.3 is 20.2 Å². The number of urea groups is 1. The Bertz CT molecular complexity index is 344. The van der Waals surface area contributed by atoms with Gasteiger partial charge in [0, 0.05) is 20.6 Å². The smallest absolute Gasteiger partial charge is 0.318 e. The molecular formula is C10H17N3O4. The number of carboxylic acid groups (broad SMARTS) is 1. The fraction of sp³-hybridized carbons (Fsp3) is 0.700. The summed E-state index contributed by atoms with van der Waals surface area (Å²) in [6.45, 7) is 1.84.